The Balaban J connectivity index is 1.98. The molecule has 2 unspecified atom stereocenters. The second-order valence-electron chi connectivity index (χ2n) is 4.86. The zero-order valence-corrected chi connectivity index (χ0v) is 11.7. The molecule has 1 saturated heterocycles. The van der Waals surface area contributed by atoms with Crippen LogP contribution in [0.25, 0.3) is 0 Å². The molecule has 8 heteroatoms. The lowest BCUT2D eigenvalue weighted by Crippen LogP contribution is -2.53. The van der Waals surface area contributed by atoms with Crippen LogP contribution in [0.5, 0.6) is 5.75 Å². The minimum Gasteiger partial charge on any atom is -0.428 e. The maximum Gasteiger partial charge on any atom is 0.261 e. The Kier molecular flexibility index (Phi) is 3.34. The highest BCUT2D eigenvalue weighted by atomic mass is 32.1. The van der Waals surface area contributed by atoms with Crippen LogP contribution in [-0.2, 0) is 9.59 Å². The van der Waals surface area contributed by atoms with E-state index in [0.29, 0.717) is 5.56 Å². The number of rotatable bonds is 2. The monoisotopic (exact) mass is 308 g/mol. The third-order valence-corrected chi connectivity index (χ3v) is 3.89. The summed E-state index contributed by atoms with van der Waals surface area (Å²) >= 11 is 3.69. The average molecular weight is 308 g/mol. The van der Waals surface area contributed by atoms with Crippen LogP contribution in [0.1, 0.15) is 35.0 Å². The number of carbonyl (C=O) groups is 3. The van der Waals surface area contributed by atoms with Crippen LogP contribution < -0.4 is 9.50 Å². The number of amides is 3. The molecular formula is C13H12N2O5S. The number of carbonyl (C=O) groups excluding carboxylic acids is 3. The fourth-order valence-corrected chi connectivity index (χ4v) is 2.87. The van der Waals surface area contributed by atoms with Crippen molar-refractivity contribution in [3.8, 4) is 5.75 Å². The molecule has 7 nitrogen and oxygen atoms in total. The van der Waals surface area contributed by atoms with Crippen molar-refractivity contribution in [2.45, 2.75) is 25.1 Å². The van der Waals surface area contributed by atoms with Crippen LogP contribution in [-0.4, -0.2) is 33.8 Å². The number of thiol groups is 1. The standard InChI is InChI=1S/C13H12N2O5S/c16-9-5-4-7(11(17)14-9)15-12(18)6-2-1-3-8(20-21)10(6)13(15)19/h1-3,7,12,18,21H,4-5H2,(H,14,16,17). The van der Waals surface area contributed by atoms with Crippen molar-refractivity contribution >= 4 is 30.6 Å². The molecule has 3 rings (SSSR count). The molecule has 1 aromatic rings. The van der Waals surface area contributed by atoms with Gasteiger partial charge in [-0.1, -0.05) is 12.1 Å². The first kappa shape index (κ1) is 13.9. The SMILES string of the molecule is O=C1CCC(N2C(=O)c3c(OS)cccc3C2O)C(=O)N1. The van der Waals surface area contributed by atoms with Gasteiger partial charge < -0.3 is 9.29 Å². The maximum absolute atomic E-state index is 12.5. The van der Waals surface area contributed by atoms with E-state index in [1.807, 2.05) is 0 Å². The first-order valence-electron chi connectivity index (χ1n) is 6.33. The summed E-state index contributed by atoms with van der Waals surface area (Å²) in [4.78, 5) is 36.7. The second-order valence-corrected chi connectivity index (χ2v) is 5.05. The van der Waals surface area contributed by atoms with Gasteiger partial charge in [0.1, 0.15) is 11.8 Å². The predicted molar refractivity (Wildman–Crippen MR) is 73.4 cm³/mol. The van der Waals surface area contributed by atoms with E-state index >= 15 is 0 Å². The molecule has 0 aliphatic carbocycles. The molecule has 2 heterocycles. The molecule has 0 radical (unpaired) electrons. The van der Waals surface area contributed by atoms with Crippen molar-refractivity contribution in [2.75, 3.05) is 0 Å². The van der Waals surface area contributed by atoms with Gasteiger partial charge in [0.15, 0.2) is 6.23 Å². The highest BCUT2D eigenvalue weighted by molar-refractivity contribution is 7.75. The zero-order valence-electron chi connectivity index (χ0n) is 10.8. The maximum atomic E-state index is 12.5. The Labute approximate surface area is 125 Å². The number of benzene rings is 1. The third-order valence-electron chi connectivity index (χ3n) is 3.69. The minimum absolute atomic E-state index is 0.124. The van der Waals surface area contributed by atoms with Gasteiger partial charge in [0, 0.05) is 24.9 Å². The fraction of sp³-hybridized carbons (Fsp3) is 0.308. The number of hydrogen-bond donors (Lipinski definition) is 3. The van der Waals surface area contributed by atoms with E-state index in [1.165, 1.54) is 0 Å². The topological polar surface area (TPSA) is 95.9 Å². The third kappa shape index (κ3) is 2.07. The van der Waals surface area contributed by atoms with Gasteiger partial charge >= 0.3 is 0 Å². The van der Waals surface area contributed by atoms with Crippen LogP contribution >= 0.6 is 12.9 Å². The summed E-state index contributed by atoms with van der Waals surface area (Å²) in [5.41, 5.74) is 0.543. The molecule has 3 amide bonds. The molecule has 0 spiro atoms. The summed E-state index contributed by atoms with van der Waals surface area (Å²) in [5, 5.41) is 12.5. The van der Waals surface area contributed by atoms with Gasteiger partial charge in [-0.2, -0.15) is 0 Å². The Morgan fingerprint density at radius 3 is 2.76 bits per heavy atom. The molecule has 2 aliphatic heterocycles. The van der Waals surface area contributed by atoms with Crippen LogP contribution in [0.3, 0.4) is 0 Å². The van der Waals surface area contributed by atoms with Gasteiger partial charge in [-0.05, 0) is 12.5 Å². The lowest BCUT2D eigenvalue weighted by molar-refractivity contribution is -0.139. The quantitative estimate of drug-likeness (QED) is 0.411. The summed E-state index contributed by atoms with van der Waals surface area (Å²) in [6.45, 7) is 0. The summed E-state index contributed by atoms with van der Waals surface area (Å²) < 4.78 is 4.84. The van der Waals surface area contributed by atoms with E-state index in [1.54, 1.807) is 18.2 Å². The lowest BCUT2D eigenvalue weighted by Gasteiger charge is -2.31. The molecule has 0 saturated carbocycles. The van der Waals surface area contributed by atoms with E-state index in [2.05, 4.69) is 18.2 Å². The molecule has 110 valence electrons. The number of imide groups is 1. The van der Waals surface area contributed by atoms with E-state index < -0.39 is 24.1 Å². The Hall–Kier alpha value is -2.06. The van der Waals surface area contributed by atoms with E-state index in [-0.39, 0.29) is 30.1 Å². The van der Waals surface area contributed by atoms with Gasteiger partial charge in [0.2, 0.25) is 11.8 Å². The smallest absolute Gasteiger partial charge is 0.261 e. The molecule has 21 heavy (non-hydrogen) atoms. The van der Waals surface area contributed by atoms with Crippen LogP contribution in [0, 0.1) is 0 Å². The minimum atomic E-state index is -1.25. The number of aliphatic hydroxyl groups excluding tert-OH is 1. The largest absolute Gasteiger partial charge is 0.428 e. The summed E-state index contributed by atoms with van der Waals surface area (Å²) in [5.74, 6) is -1.26. The first-order chi connectivity index (χ1) is 10.0. The summed E-state index contributed by atoms with van der Waals surface area (Å²) in [6.07, 6.45) is -0.947. The van der Waals surface area contributed by atoms with Crippen molar-refractivity contribution < 1.29 is 23.7 Å². The summed E-state index contributed by atoms with van der Waals surface area (Å²) in [7, 11) is 0. The van der Waals surface area contributed by atoms with Gasteiger partial charge in [-0.25, -0.2) is 0 Å². The highest BCUT2D eigenvalue weighted by Crippen LogP contribution is 2.39. The van der Waals surface area contributed by atoms with Crippen molar-refractivity contribution in [3.05, 3.63) is 29.3 Å². The van der Waals surface area contributed by atoms with Crippen LogP contribution in [0.15, 0.2) is 18.2 Å². The lowest BCUT2D eigenvalue weighted by atomic mass is 10.0. The molecule has 0 bridgehead atoms. The van der Waals surface area contributed by atoms with Gasteiger partial charge in [-0.3, -0.25) is 24.6 Å². The van der Waals surface area contributed by atoms with E-state index in [0.717, 1.165) is 4.90 Å². The van der Waals surface area contributed by atoms with Gasteiger partial charge in [0.25, 0.3) is 5.91 Å². The van der Waals surface area contributed by atoms with Crippen LogP contribution in [0.4, 0.5) is 0 Å². The van der Waals surface area contributed by atoms with Crippen molar-refractivity contribution in [2.24, 2.45) is 0 Å². The van der Waals surface area contributed by atoms with Crippen molar-refractivity contribution in [1.29, 1.82) is 0 Å². The van der Waals surface area contributed by atoms with E-state index in [9.17, 15) is 19.5 Å². The molecule has 2 N–H and O–H groups in total. The van der Waals surface area contributed by atoms with Crippen molar-refractivity contribution in [3.63, 3.8) is 0 Å². The second kappa shape index (κ2) is 5.05. The zero-order chi connectivity index (χ0) is 15.1. The molecule has 2 aliphatic rings. The van der Waals surface area contributed by atoms with Crippen molar-refractivity contribution in [1.82, 2.24) is 10.2 Å². The molecule has 0 aromatic heterocycles. The molecular weight excluding hydrogens is 296 g/mol. The highest BCUT2D eigenvalue weighted by Gasteiger charge is 2.45. The normalized spacial score (nSPS) is 24.9. The Bertz CT molecular complexity index is 647. The molecule has 1 fully saturated rings. The Morgan fingerprint density at radius 1 is 1.33 bits per heavy atom. The number of nitrogens with zero attached hydrogens (tertiary/aromatic N) is 1. The number of piperidine rings is 1. The number of aliphatic hydroxyl groups is 1. The van der Waals surface area contributed by atoms with E-state index in [4.69, 9.17) is 4.18 Å². The molecule has 2 atom stereocenters. The average Bonchev–Trinajstić information content (AvgIpc) is 2.72. The molecule has 1 aromatic carbocycles. The number of nitrogens with one attached hydrogen (secondary N) is 1. The first-order valence-corrected chi connectivity index (χ1v) is 6.70. The van der Waals surface area contributed by atoms with Gasteiger partial charge in [-0.15, -0.1) is 0 Å². The van der Waals surface area contributed by atoms with Crippen LogP contribution in [0.2, 0.25) is 0 Å². The predicted octanol–water partition coefficient (Wildman–Crippen LogP) is 0.162. The number of hydrogen-bond acceptors (Lipinski definition) is 6. The van der Waals surface area contributed by atoms with Gasteiger partial charge in [0.05, 0.1) is 5.56 Å². The Morgan fingerprint density at radius 2 is 2.10 bits per heavy atom. The number of fused-ring (bicyclic) bond motifs is 1. The summed E-state index contributed by atoms with van der Waals surface area (Å²) in [6, 6.07) is 3.87. The fourth-order valence-electron chi connectivity index (χ4n) is 2.72.